The summed E-state index contributed by atoms with van der Waals surface area (Å²) in [4.78, 5) is 15.5. The minimum Gasteiger partial charge on any atom is -0.381 e. The zero-order chi connectivity index (χ0) is 24.4. The number of primary amides is 1. The number of nitrogens with zero attached hydrogens (tertiary/aromatic N) is 1. The number of aromatic nitrogens is 1. The first-order chi connectivity index (χ1) is 16.9. The number of aromatic amines is 1. The van der Waals surface area contributed by atoms with Crippen LogP contribution in [0.5, 0.6) is 0 Å². The van der Waals surface area contributed by atoms with E-state index >= 15 is 0 Å². The molecule has 186 valence electrons. The number of H-pyrrole nitrogens is 1. The highest BCUT2D eigenvalue weighted by Gasteiger charge is 2.30. The number of sulfonamides is 1. The van der Waals surface area contributed by atoms with Crippen LogP contribution >= 0.6 is 0 Å². The second-order valence-electron chi connectivity index (χ2n) is 9.78. The van der Waals surface area contributed by atoms with Gasteiger partial charge in [0, 0.05) is 37.9 Å². The van der Waals surface area contributed by atoms with Gasteiger partial charge in [-0.15, -0.1) is 0 Å². The van der Waals surface area contributed by atoms with E-state index in [2.05, 4.69) is 11.1 Å². The van der Waals surface area contributed by atoms with Crippen molar-refractivity contribution >= 4 is 26.8 Å². The molecule has 0 atom stereocenters. The van der Waals surface area contributed by atoms with E-state index in [1.165, 1.54) is 12.8 Å². The fourth-order valence-electron chi connectivity index (χ4n) is 5.03. The van der Waals surface area contributed by atoms with E-state index in [1.807, 2.05) is 42.6 Å². The molecule has 1 aromatic heterocycles. The number of ether oxygens (including phenoxy) is 1. The maximum Gasteiger partial charge on any atom is 0.250 e. The lowest BCUT2D eigenvalue weighted by Crippen LogP contribution is -2.39. The number of fused-ring (bicyclic) bond motifs is 1. The molecule has 1 saturated heterocycles. The lowest BCUT2D eigenvalue weighted by Gasteiger charge is -2.31. The van der Waals surface area contributed by atoms with Crippen LogP contribution in [0.4, 0.5) is 0 Å². The van der Waals surface area contributed by atoms with Crippen molar-refractivity contribution in [1.82, 2.24) is 9.29 Å². The number of amides is 1. The first kappa shape index (κ1) is 24.0. The van der Waals surface area contributed by atoms with Gasteiger partial charge in [-0.05, 0) is 72.8 Å². The maximum absolute atomic E-state index is 12.8. The normalized spacial score (nSPS) is 17.7. The molecular weight excluding hydrogens is 462 g/mol. The van der Waals surface area contributed by atoms with Gasteiger partial charge in [-0.2, -0.15) is 0 Å². The molecule has 1 aliphatic heterocycles. The van der Waals surface area contributed by atoms with Crippen molar-refractivity contribution in [1.29, 1.82) is 0 Å². The standard InChI is InChI=1S/C27H33N3O4S/c28-27(31)24-16-22(20-5-2-1-3-6-20)15-23-25(17-29-26(23)24)21-9-11-30(12-10-21)35(32,33)14-4-13-34-18-19-7-8-19/h1-3,5-6,15-17,19,21,29H,4,7-14,18H2,(H2,28,31). The molecule has 8 heteroatoms. The van der Waals surface area contributed by atoms with Gasteiger partial charge in [0.1, 0.15) is 0 Å². The highest BCUT2D eigenvalue weighted by Crippen LogP contribution is 2.37. The molecule has 3 aromatic rings. The predicted molar refractivity (Wildman–Crippen MR) is 138 cm³/mol. The van der Waals surface area contributed by atoms with E-state index in [0.29, 0.717) is 37.6 Å². The molecule has 1 aliphatic carbocycles. The van der Waals surface area contributed by atoms with Crippen LogP contribution in [0.1, 0.15) is 53.9 Å². The number of hydrogen-bond donors (Lipinski definition) is 2. The Morgan fingerprint density at radius 1 is 1.06 bits per heavy atom. The van der Waals surface area contributed by atoms with Gasteiger partial charge in [0.2, 0.25) is 10.0 Å². The van der Waals surface area contributed by atoms with E-state index in [9.17, 15) is 13.2 Å². The number of piperidine rings is 1. The van der Waals surface area contributed by atoms with Gasteiger partial charge < -0.3 is 15.5 Å². The molecule has 0 unspecified atom stereocenters. The van der Waals surface area contributed by atoms with E-state index in [-0.39, 0.29) is 11.7 Å². The molecule has 0 spiro atoms. The summed E-state index contributed by atoms with van der Waals surface area (Å²) in [5, 5.41) is 0.981. The summed E-state index contributed by atoms with van der Waals surface area (Å²) in [5.74, 6) is 0.572. The zero-order valence-electron chi connectivity index (χ0n) is 19.9. The first-order valence-corrected chi connectivity index (χ1v) is 14.1. The van der Waals surface area contributed by atoms with Gasteiger partial charge >= 0.3 is 0 Å². The predicted octanol–water partition coefficient (Wildman–Crippen LogP) is 4.26. The van der Waals surface area contributed by atoms with Crippen LogP contribution < -0.4 is 5.73 Å². The highest BCUT2D eigenvalue weighted by atomic mass is 32.2. The smallest absolute Gasteiger partial charge is 0.250 e. The lowest BCUT2D eigenvalue weighted by molar-refractivity contribution is 0.100. The van der Waals surface area contributed by atoms with Crippen molar-refractivity contribution in [2.75, 3.05) is 32.1 Å². The minimum atomic E-state index is -3.28. The number of nitrogens with one attached hydrogen (secondary N) is 1. The topological polar surface area (TPSA) is 105 Å². The van der Waals surface area contributed by atoms with Crippen LogP contribution in [0, 0.1) is 5.92 Å². The molecule has 1 amide bonds. The van der Waals surface area contributed by atoms with Crippen molar-refractivity contribution in [2.24, 2.45) is 11.7 Å². The third-order valence-electron chi connectivity index (χ3n) is 7.22. The molecule has 3 N–H and O–H groups in total. The van der Waals surface area contributed by atoms with Crippen LogP contribution in [0.3, 0.4) is 0 Å². The first-order valence-electron chi connectivity index (χ1n) is 12.5. The second kappa shape index (κ2) is 10.1. The number of carbonyl (C=O) groups is 1. The van der Waals surface area contributed by atoms with Crippen molar-refractivity contribution in [3.8, 4) is 11.1 Å². The Balaban J connectivity index is 1.29. The molecule has 1 saturated carbocycles. The third-order valence-corrected chi connectivity index (χ3v) is 9.18. The van der Waals surface area contributed by atoms with Crippen LogP contribution in [0.25, 0.3) is 22.0 Å². The number of carbonyl (C=O) groups excluding carboxylic acids is 1. The Kier molecular flexibility index (Phi) is 6.95. The van der Waals surface area contributed by atoms with Gasteiger partial charge in [0.05, 0.1) is 16.8 Å². The van der Waals surface area contributed by atoms with E-state index in [0.717, 1.165) is 47.0 Å². The Morgan fingerprint density at radius 3 is 2.49 bits per heavy atom. The summed E-state index contributed by atoms with van der Waals surface area (Å²) in [7, 11) is -3.28. The summed E-state index contributed by atoms with van der Waals surface area (Å²) >= 11 is 0. The van der Waals surface area contributed by atoms with Gasteiger partial charge in [-0.1, -0.05) is 30.3 Å². The van der Waals surface area contributed by atoms with Gasteiger partial charge in [0.15, 0.2) is 0 Å². The van der Waals surface area contributed by atoms with Crippen molar-refractivity contribution in [3.63, 3.8) is 0 Å². The van der Waals surface area contributed by atoms with Crippen LogP contribution in [-0.4, -0.2) is 55.7 Å². The molecule has 35 heavy (non-hydrogen) atoms. The Hall–Kier alpha value is -2.68. The van der Waals surface area contributed by atoms with Gasteiger partial charge in [-0.25, -0.2) is 12.7 Å². The molecule has 2 aliphatic rings. The Labute approximate surface area is 206 Å². The molecular formula is C27H33N3O4S. The molecule has 7 nitrogen and oxygen atoms in total. The molecule has 0 radical (unpaired) electrons. The van der Waals surface area contributed by atoms with Crippen LogP contribution in [-0.2, 0) is 14.8 Å². The fourth-order valence-corrected chi connectivity index (χ4v) is 6.54. The Morgan fingerprint density at radius 2 is 1.80 bits per heavy atom. The van der Waals surface area contributed by atoms with E-state index in [1.54, 1.807) is 4.31 Å². The minimum absolute atomic E-state index is 0.137. The fraction of sp³-hybridized carbons (Fsp3) is 0.444. The summed E-state index contributed by atoms with van der Waals surface area (Å²) < 4.78 is 32.9. The summed E-state index contributed by atoms with van der Waals surface area (Å²) in [6.07, 6.45) is 6.45. The average molecular weight is 496 g/mol. The average Bonchev–Trinajstić information content (AvgIpc) is 3.60. The summed E-state index contributed by atoms with van der Waals surface area (Å²) in [6.45, 7) is 2.28. The monoisotopic (exact) mass is 495 g/mol. The summed E-state index contributed by atoms with van der Waals surface area (Å²) in [6, 6.07) is 13.9. The van der Waals surface area contributed by atoms with Crippen LogP contribution in [0.2, 0.25) is 0 Å². The van der Waals surface area contributed by atoms with Crippen molar-refractivity contribution < 1.29 is 17.9 Å². The molecule has 2 heterocycles. The number of nitrogens with two attached hydrogens (primary N) is 1. The maximum atomic E-state index is 12.8. The lowest BCUT2D eigenvalue weighted by atomic mass is 9.88. The molecule has 5 rings (SSSR count). The molecule has 2 aromatic carbocycles. The van der Waals surface area contributed by atoms with E-state index in [4.69, 9.17) is 10.5 Å². The number of hydrogen-bond acceptors (Lipinski definition) is 4. The highest BCUT2D eigenvalue weighted by molar-refractivity contribution is 7.89. The largest absolute Gasteiger partial charge is 0.381 e. The summed E-state index contributed by atoms with van der Waals surface area (Å²) in [5.41, 5.74) is 10.0. The second-order valence-corrected chi connectivity index (χ2v) is 11.9. The number of rotatable bonds is 10. The molecule has 2 fully saturated rings. The van der Waals surface area contributed by atoms with Gasteiger partial charge in [-0.3, -0.25) is 4.79 Å². The Bertz CT molecular complexity index is 1290. The van der Waals surface area contributed by atoms with Crippen LogP contribution in [0.15, 0.2) is 48.7 Å². The van der Waals surface area contributed by atoms with Gasteiger partial charge in [0.25, 0.3) is 5.91 Å². The van der Waals surface area contributed by atoms with Crippen molar-refractivity contribution in [2.45, 2.75) is 38.0 Å². The zero-order valence-corrected chi connectivity index (χ0v) is 20.7. The third kappa shape index (κ3) is 5.44. The SMILES string of the molecule is NC(=O)c1cc(-c2ccccc2)cc2c(C3CCN(S(=O)(=O)CCCOCC4CC4)CC3)c[nH]c12. The van der Waals surface area contributed by atoms with E-state index < -0.39 is 15.9 Å². The molecule has 0 bridgehead atoms. The quantitative estimate of drug-likeness (QED) is 0.410. The van der Waals surface area contributed by atoms with Crippen molar-refractivity contribution in [3.05, 3.63) is 59.8 Å². The number of benzene rings is 2.